The Hall–Kier alpha value is -3.05. The largest absolute Gasteiger partial charge is 0.508 e. The number of phenols is 2. The Morgan fingerprint density at radius 2 is 1.87 bits per heavy atom. The third-order valence-electron chi connectivity index (χ3n) is 5.46. The summed E-state index contributed by atoms with van der Waals surface area (Å²) in [6, 6.07) is 9.67. The maximum atomic E-state index is 12.6. The van der Waals surface area contributed by atoms with Crippen LogP contribution >= 0.6 is 0 Å². The molecule has 3 rings (SSSR count). The SMILES string of the molecule is CC(C)=CCCC1(C)Oc2ccc(C(=O)C=Cc3ccc(O)cc3)c(O)c2CC1O. The molecule has 3 N–H and O–H groups in total. The van der Waals surface area contributed by atoms with E-state index >= 15 is 0 Å². The number of ketones is 1. The van der Waals surface area contributed by atoms with Gasteiger partial charge in [0.25, 0.3) is 0 Å². The van der Waals surface area contributed by atoms with E-state index in [-0.39, 0.29) is 29.3 Å². The second-order valence-electron chi connectivity index (χ2n) is 8.18. The monoisotopic (exact) mass is 408 g/mol. The minimum atomic E-state index is -0.792. The number of aliphatic hydroxyl groups excluding tert-OH is 1. The first-order chi connectivity index (χ1) is 14.2. The van der Waals surface area contributed by atoms with Crippen molar-refractivity contribution in [2.45, 2.75) is 51.7 Å². The van der Waals surface area contributed by atoms with Crippen molar-refractivity contribution in [3.05, 3.63) is 70.8 Å². The summed E-state index contributed by atoms with van der Waals surface area (Å²) in [5.74, 6) is 0.141. The number of carbonyl (C=O) groups excluding carboxylic acids is 1. The van der Waals surface area contributed by atoms with Gasteiger partial charge in [0, 0.05) is 12.0 Å². The molecule has 0 aliphatic carbocycles. The van der Waals surface area contributed by atoms with Crippen molar-refractivity contribution in [1.29, 1.82) is 0 Å². The van der Waals surface area contributed by atoms with Crippen LogP contribution in [-0.2, 0) is 6.42 Å². The highest BCUT2D eigenvalue weighted by molar-refractivity contribution is 6.09. The van der Waals surface area contributed by atoms with Crippen LogP contribution in [-0.4, -0.2) is 32.8 Å². The van der Waals surface area contributed by atoms with Crippen molar-refractivity contribution >= 4 is 11.9 Å². The van der Waals surface area contributed by atoms with Crippen LogP contribution in [0.5, 0.6) is 17.2 Å². The number of phenolic OH excluding ortho intramolecular Hbond substituents is 2. The zero-order chi connectivity index (χ0) is 21.9. The number of carbonyl (C=O) groups is 1. The quantitative estimate of drug-likeness (QED) is 0.363. The van der Waals surface area contributed by atoms with Gasteiger partial charge in [-0.3, -0.25) is 4.79 Å². The Morgan fingerprint density at radius 1 is 1.17 bits per heavy atom. The molecule has 0 fully saturated rings. The summed E-state index contributed by atoms with van der Waals surface area (Å²) < 4.78 is 6.08. The molecule has 2 atom stereocenters. The fourth-order valence-corrected chi connectivity index (χ4v) is 3.55. The Balaban J connectivity index is 1.80. The van der Waals surface area contributed by atoms with Crippen LogP contribution in [0.4, 0.5) is 0 Å². The van der Waals surface area contributed by atoms with Crippen molar-refractivity contribution in [1.82, 2.24) is 0 Å². The first kappa shape index (κ1) is 21.7. The van der Waals surface area contributed by atoms with E-state index in [1.165, 1.54) is 23.8 Å². The summed E-state index contributed by atoms with van der Waals surface area (Å²) >= 11 is 0. The maximum Gasteiger partial charge on any atom is 0.189 e. The fourth-order valence-electron chi connectivity index (χ4n) is 3.55. The van der Waals surface area contributed by atoms with Gasteiger partial charge in [-0.25, -0.2) is 0 Å². The number of benzene rings is 2. The number of hydrogen-bond donors (Lipinski definition) is 3. The van der Waals surface area contributed by atoms with Crippen LogP contribution in [0.3, 0.4) is 0 Å². The predicted octanol–water partition coefficient (Wildman–Crippen LogP) is 4.79. The van der Waals surface area contributed by atoms with Gasteiger partial charge in [0.1, 0.15) is 22.8 Å². The molecule has 2 aromatic carbocycles. The van der Waals surface area contributed by atoms with Gasteiger partial charge in [-0.15, -0.1) is 0 Å². The molecule has 2 unspecified atom stereocenters. The first-order valence-electron chi connectivity index (χ1n) is 10.1. The molecule has 0 radical (unpaired) electrons. The Kier molecular flexibility index (Phi) is 6.32. The zero-order valence-corrected chi connectivity index (χ0v) is 17.6. The standard InChI is InChI=1S/C25H28O5/c1-16(2)5-4-14-25(3)23(28)15-20-22(30-25)13-11-19(24(20)29)21(27)12-8-17-6-9-18(26)10-7-17/h5-13,23,26,28-29H,4,14-15H2,1-3H3. The van der Waals surface area contributed by atoms with Gasteiger partial charge in [-0.1, -0.05) is 29.9 Å². The van der Waals surface area contributed by atoms with E-state index in [1.807, 2.05) is 20.8 Å². The van der Waals surface area contributed by atoms with Crippen LogP contribution in [0.2, 0.25) is 0 Å². The summed E-state index contributed by atoms with van der Waals surface area (Å²) in [6.45, 7) is 5.93. The van der Waals surface area contributed by atoms with Gasteiger partial charge in [0.2, 0.25) is 0 Å². The second kappa shape index (κ2) is 8.76. The minimum absolute atomic E-state index is 0.150. The molecule has 1 aliphatic heterocycles. The van der Waals surface area contributed by atoms with Gasteiger partial charge in [0.05, 0.1) is 11.7 Å². The number of aliphatic hydroxyl groups is 1. The molecular formula is C25H28O5. The molecule has 0 saturated carbocycles. The number of ether oxygens (including phenoxy) is 1. The van der Waals surface area contributed by atoms with Crippen LogP contribution in [0.15, 0.2) is 54.1 Å². The maximum absolute atomic E-state index is 12.6. The van der Waals surface area contributed by atoms with Crippen molar-refractivity contribution < 1.29 is 24.9 Å². The highest BCUT2D eigenvalue weighted by Gasteiger charge is 2.40. The average Bonchev–Trinajstić information content (AvgIpc) is 2.69. The van der Waals surface area contributed by atoms with Crippen LogP contribution in [0.1, 0.15) is 55.1 Å². The number of rotatable bonds is 6. The number of hydrogen-bond acceptors (Lipinski definition) is 5. The first-order valence-corrected chi connectivity index (χ1v) is 10.1. The molecule has 1 heterocycles. The van der Waals surface area contributed by atoms with E-state index in [0.717, 1.165) is 12.0 Å². The van der Waals surface area contributed by atoms with Gasteiger partial charge in [-0.2, -0.15) is 0 Å². The van der Waals surface area contributed by atoms with Gasteiger partial charge >= 0.3 is 0 Å². The van der Waals surface area contributed by atoms with E-state index < -0.39 is 11.7 Å². The molecular weight excluding hydrogens is 380 g/mol. The minimum Gasteiger partial charge on any atom is -0.508 e. The van der Waals surface area contributed by atoms with Crippen molar-refractivity contribution in [3.63, 3.8) is 0 Å². The molecule has 5 nitrogen and oxygen atoms in total. The molecule has 0 aromatic heterocycles. The summed E-state index contributed by atoms with van der Waals surface area (Å²) in [7, 11) is 0. The van der Waals surface area contributed by atoms with E-state index in [2.05, 4.69) is 6.08 Å². The topological polar surface area (TPSA) is 87.0 Å². The molecule has 158 valence electrons. The van der Waals surface area contributed by atoms with E-state index in [4.69, 9.17) is 4.74 Å². The Labute approximate surface area is 177 Å². The highest BCUT2D eigenvalue weighted by Crippen LogP contribution is 2.41. The number of aromatic hydroxyl groups is 2. The lowest BCUT2D eigenvalue weighted by molar-refractivity contribution is -0.0592. The molecule has 5 heteroatoms. The Bertz CT molecular complexity index is 983. The van der Waals surface area contributed by atoms with Crippen molar-refractivity contribution in [2.75, 3.05) is 0 Å². The number of allylic oxidation sites excluding steroid dienone is 3. The molecule has 0 spiro atoms. The van der Waals surface area contributed by atoms with Crippen LogP contribution < -0.4 is 4.74 Å². The summed E-state index contributed by atoms with van der Waals surface area (Å²) in [4.78, 5) is 12.6. The number of fused-ring (bicyclic) bond motifs is 1. The van der Waals surface area contributed by atoms with E-state index in [9.17, 15) is 20.1 Å². The fraction of sp³-hybridized carbons (Fsp3) is 0.320. The lowest BCUT2D eigenvalue weighted by atomic mass is 9.84. The molecule has 2 aromatic rings. The summed E-state index contributed by atoms with van der Waals surface area (Å²) in [5, 5.41) is 30.7. The third-order valence-corrected chi connectivity index (χ3v) is 5.46. The predicted molar refractivity (Wildman–Crippen MR) is 117 cm³/mol. The van der Waals surface area contributed by atoms with Crippen LogP contribution in [0, 0.1) is 0 Å². The highest BCUT2D eigenvalue weighted by atomic mass is 16.5. The van der Waals surface area contributed by atoms with Gasteiger partial charge in [0.15, 0.2) is 5.78 Å². The van der Waals surface area contributed by atoms with Crippen molar-refractivity contribution in [3.8, 4) is 17.2 Å². The normalized spacial score (nSPS) is 20.5. The molecule has 0 bridgehead atoms. The lowest BCUT2D eigenvalue weighted by Crippen LogP contribution is -2.48. The molecule has 0 saturated heterocycles. The third kappa shape index (κ3) is 4.74. The summed E-state index contributed by atoms with van der Waals surface area (Å²) in [6.07, 6.45) is 5.96. The van der Waals surface area contributed by atoms with Gasteiger partial charge in [-0.05, 0) is 69.5 Å². The lowest BCUT2D eigenvalue weighted by Gasteiger charge is -2.40. The second-order valence-corrected chi connectivity index (χ2v) is 8.18. The molecule has 0 amide bonds. The molecule has 30 heavy (non-hydrogen) atoms. The smallest absolute Gasteiger partial charge is 0.189 e. The van der Waals surface area contributed by atoms with Crippen molar-refractivity contribution in [2.24, 2.45) is 0 Å². The zero-order valence-electron chi connectivity index (χ0n) is 17.6. The van der Waals surface area contributed by atoms with E-state index in [1.54, 1.807) is 30.3 Å². The van der Waals surface area contributed by atoms with E-state index in [0.29, 0.717) is 17.7 Å². The van der Waals surface area contributed by atoms with Gasteiger partial charge < -0.3 is 20.1 Å². The van der Waals surface area contributed by atoms with Crippen LogP contribution in [0.25, 0.3) is 6.08 Å². The Morgan fingerprint density at radius 3 is 2.53 bits per heavy atom. The average molecular weight is 408 g/mol. The summed E-state index contributed by atoms with van der Waals surface area (Å²) in [5.41, 5.74) is 1.82. The molecule has 1 aliphatic rings.